The number of nitrogens with zero attached hydrogens (tertiary/aromatic N) is 1. The van der Waals surface area contributed by atoms with Gasteiger partial charge < -0.3 is 9.47 Å². The molecule has 0 unspecified atom stereocenters. The van der Waals surface area contributed by atoms with Crippen molar-refractivity contribution in [1.82, 2.24) is 5.43 Å². The van der Waals surface area contributed by atoms with Crippen molar-refractivity contribution < 1.29 is 14.3 Å². The second-order valence-electron chi connectivity index (χ2n) is 4.89. The van der Waals surface area contributed by atoms with Crippen molar-refractivity contribution in [2.24, 2.45) is 5.10 Å². The van der Waals surface area contributed by atoms with Crippen LogP contribution in [0.25, 0.3) is 0 Å². The minimum Gasteiger partial charge on any atom is -0.496 e. The number of amides is 1. The first-order valence-corrected chi connectivity index (χ1v) is 7.79. The lowest BCUT2D eigenvalue weighted by Crippen LogP contribution is -2.24. The summed E-state index contributed by atoms with van der Waals surface area (Å²) in [5, 5.41) is 4.72. The van der Waals surface area contributed by atoms with E-state index in [2.05, 4.69) is 10.5 Å². The molecule has 0 saturated carbocycles. The second kappa shape index (κ2) is 8.57. The fourth-order valence-corrected chi connectivity index (χ4v) is 2.39. The summed E-state index contributed by atoms with van der Waals surface area (Å²) in [4.78, 5) is 11.7. The molecule has 0 spiro atoms. The summed E-state index contributed by atoms with van der Waals surface area (Å²) in [5.41, 5.74) is 4.21. The molecule has 0 fully saturated rings. The minimum atomic E-state index is -0.400. The molecule has 5 nitrogen and oxygen atoms in total. The van der Waals surface area contributed by atoms with Gasteiger partial charge in [0.1, 0.15) is 11.5 Å². The van der Waals surface area contributed by atoms with Crippen LogP contribution in [-0.2, 0) is 4.79 Å². The van der Waals surface area contributed by atoms with E-state index in [1.54, 1.807) is 31.5 Å². The van der Waals surface area contributed by atoms with Crippen molar-refractivity contribution in [3.63, 3.8) is 0 Å². The second-order valence-corrected chi connectivity index (χ2v) is 5.73. The fraction of sp³-hybridized carbons (Fsp3) is 0.176. The number of nitrogens with one attached hydrogen (secondary N) is 1. The van der Waals surface area contributed by atoms with Gasteiger partial charge in [-0.25, -0.2) is 5.43 Å². The van der Waals surface area contributed by atoms with Crippen LogP contribution in [0.3, 0.4) is 0 Å². The van der Waals surface area contributed by atoms with Crippen LogP contribution in [0.15, 0.2) is 41.5 Å². The molecule has 0 radical (unpaired) electrons. The van der Waals surface area contributed by atoms with Crippen molar-refractivity contribution in [1.29, 1.82) is 0 Å². The van der Waals surface area contributed by atoms with Crippen LogP contribution in [0, 0.1) is 6.92 Å². The third-order valence-corrected chi connectivity index (χ3v) is 3.60. The SMILES string of the molecule is COc1ccc(C=NNC(=O)COc2ccc(Cl)cc2Cl)cc1C. The lowest BCUT2D eigenvalue weighted by molar-refractivity contribution is -0.123. The van der Waals surface area contributed by atoms with E-state index in [-0.39, 0.29) is 6.61 Å². The molecule has 24 heavy (non-hydrogen) atoms. The number of ether oxygens (including phenoxy) is 2. The van der Waals surface area contributed by atoms with Crippen molar-refractivity contribution in [3.05, 3.63) is 57.6 Å². The number of carbonyl (C=O) groups is 1. The van der Waals surface area contributed by atoms with E-state index >= 15 is 0 Å². The normalized spacial score (nSPS) is 10.7. The Hall–Kier alpha value is -2.24. The summed E-state index contributed by atoms with van der Waals surface area (Å²) < 4.78 is 10.5. The van der Waals surface area contributed by atoms with Gasteiger partial charge in [-0.2, -0.15) is 5.10 Å². The predicted octanol–water partition coefficient (Wildman–Crippen LogP) is 3.84. The summed E-state index contributed by atoms with van der Waals surface area (Å²) in [6.07, 6.45) is 1.54. The molecule has 126 valence electrons. The molecule has 0 aliphatic heterocycles. The minimum absolute atomic E-state index is 0.208. The Labute approximate surface area is 150 Å². The topological polar surface area (TPSA) is 59.9 Å². The molecule has 2 rings (SSSR count). The maximum Gasteiger partial charge on any atom is 0.277 e. The van der Waals surface area contributed by atoms with E-state index < -0.39 is 5.91 Å². The van der Waals surface area contributed by atoms with Gasteiger partial charge in [0.05, 0.1) is 18.3 Å². The van der Waals surface area contributed by atoms with Gasteiger partial charge in [-0.3, -0.25) is 4.79 Å². The van der Waals surface area contributed by atoms with Gasteiger partial charge in [0, 0.05) is 5.02 Å². The van der Waals surface area contributed by atoms with Crippen molar-refractivity contribution in [2.75, 3.05) is 13.7 Å². The summed E-state index contributed by atoms with van der Waals surface area (Å²) in [7, 11) is 1.61. The molecule has 0 aliphatic carbocycles. The van der Waals surface area contributed by atoms with Crippen molar-refractivity contribution >= 4 is 35.3 Å². The molecule has 0 bridgehead atoms. The monoisotopic (exact) mass is 366 g/mol. The number of carbonyl (C=O) groups excluding carboxylic acids is 1. The van der Waals surface area contributed by atoms with Gasteiger partial charge in [-0.05, 0) is 54.4 Å². The Morgan fingerprint density at radius 3 is 2.62 bits per heavy atom. The predicted molar refractivity (Wildman–Crippen MR) is 95.4 cm³/mol. The molecule has 1 amide bonds. The third kappa shape index (κ3) is 5.15. The molecule has 2 aromatic rings. The van der Waals surface area contributed by atoms with E-state index in [0.717, 1.165) is 16.9 Å². The number of benzene rings is 2. The quantitative estimate of drug-likeness (QED) is 0.623. The van der Waals surface area contributed by atoms with Gasteiger partial charge in [0.15, 0.2) is 6.61 Å². The molecule has 0 atom stereocenters. The smallest absolute Gasteiger partial charge is 0.277 e. The highest BCUT2D eigenvalue weighted by molar-refractivity contribution is 6.35. The first-order valence-electron chi connectivity index (χ1n) is 7.04. The van der Waals surface area contributed by atoms with Crippen LogP contribution in [0.5, 0.6) is 11.5 Å². The van der Waals surface area contributed by atoms with E-state index in [4.69, 9.17) is 32.7 Å². The number of rotatable bonds is 6. The first kappa shape index (κ1) is 18.1. The molecule has 1 N–H and O–H groups in total. The van der Waals surface area contributed by atoms with Crippen LogP contribution < -0.4 is 14.9 Å². The largest absolute Gasteiger partial charge is 0.496 e. The zero-order valence-corrected chi connectivity index (χ0v) is 14.7. The van der Waals surface area contributed by atoms with Crippen LogP contribution >= 0.6 is 23.2 Å². The average Bonchev–Trinajstić information content (AvgIpc) is 2.54. The summed E-state index contributed by atoms with van der Waals surface area (Å²) >= 11 is 11.7. The lowest BCUT2D eigenvalue weighted by Gasteiger charge is -2.07. The Morgan fingerprint density at radius 2 is 1.96 bits per heavy atom. The maximum absolute atomic E-state index is 11.7. The zero-order chi connectivity index (χ0) is 17.5. The molecule has 2 aromatic carbocycles. The number of hydrogen-bond donors (Lipinski definition) is 1. The van der Waals surface area contributed by atoms with E-state index in [9.17, 15) is 4.79 Å². The lowest BCUT2D eigenvalue weighted by atomic mass is 10.1. The van der Waals surface area contributed by atoms with Gasteiger partial charge in [0.2, 0.25) is 0 Å². The number of hydrazone groups is 1. The van der Waals surface area contributed by atoms with Crippen molar-refractivity contribution in [2.45, 2.75) is 6.92 Å². The number of halogens is 2. The molecule has 7 heteroatoms. The van der Waals surface area contributed by atoms with Gasteiger partial charge in [-0.15, -0.1) is 0 Å². The standard InChI is InChI=1S/C17H16Cl2N2O3/c1-11-7-12(3-5-15(11)23-2)9-20-21-17(22)10-24-16-6-4-13(18)8-14(16)19/h3-9H,10H2,1-2H3,(H,21,22). The molecular weight excluding hydrogens is 351 g/mol. The van der Waals surface area contributed by atoms with Gasteiger partial charge >= 0.3 is 0 Å². The molecule has 0 aliphatic rings. The van der Waals surface area contributed by atoms with E-state index in [1.807, 2.05) is 25.1 Å². The maximum atomic E-state index is 11.7. The van der Waals surface area contributed by atoms with E-state index in [0.29, 0.717) is 15.8 Å². The molecule has 0 aromatic heterocycles. The number of methoxy groups -OCH3 is 1. The highest BCUT2D eigenvalue weighted by Crippen LogP contribution is 2.27. The molecular formula is C17H16Cl2N2O3. The Morgan fingerprint density at radius 1 is 1.21 bits per heavy atom. The number of aryl methyl sites for hydroxylation is 1. The van der Waals surface area contributed by atoms with Gasteiger partial charge in [-0.1, -0.05) is 23.2 Å². The van der Waals surface area contributed by atoms with E-state index in [1.165, 1.54) is 0 Å². The summed E-state index contributed by atoms with van der Waals surface area (Å²) in [6, 6.07) is 10.3. The third-order valence-electron chi connectivity index (χ3n) is 3.07. The Balaban J connectivity index is 1.85. The van der Waals surface area contributed by atoms with Gasteiger partial charge in [0.25, 0.3) is 5.91 Å². The fourth-order valence-electron chi connectivity index (χ4n) is 1.93. The highest BCUT2D eigenvalue weighted by atomic mass is 35.5. The van der Waals surface area contributed by atoms with Crippen LogP contribution in [0.1, 0.15) is 11.1 Å². The Bertz CT molecular complexity index is 763. The molecule has 0 heterocycles. The summed E-state index contributed by atoms with van der Waals surface area (Å²) in [5.74, 6) is 0.776. The first-order chi connectivity index (χ1) is 11.5. The summed E-state index contributed by atoms with van der Waals surface area (Å²) in [6.45, 7) is 1.72. The zero-order valence-electron chi connectivity index (χ0n) is 13.2. The average molecular weight is 367 g/mol. The van der Waals surface area contributed by atoms with Crippen LogP contribution in [0.4, 0.5) is 0 Å². The Kier molecular flexibility index (Phi) is 6.46. The van der Waals surface area contributed by atoms with Crippen LogP contribution in [0.2, 0.25) is 10.0 Å². The van der Waals surface area contributed by atoms with Crippen molar-refractivity contribution in [3.8, 4) is 11.5 Å². The van der Waals surface area contributed by atoms with Crippen LogP contribution in [-0.4, -0.2) is 25.8 Å². The molecule has 0 saturated heterocycles. The number of hydrogen-bond acceptors (Lipinski definition) is 4. The highest BCUT2D eigenvalue weighted by Gasteiger charge is 2.06.